The van der Waals surface area contributed by atoms with Gasteiger partial charge in [-0.25, -0.2) is 17.2 Å². The third-order valence-corrected chi connectivity index (χ3v) is 5.41. The largest absolute Gasteiger partial charge is 0.336 e. The zero-order valence-corrected chi connectivity index (χ0v) is 14.0. The Hall–Kier alpha value is -0.730. The highest BCUT2D eigenvalue weighted by molar-refractivity contribution is 9.10. The van der Waals surface area contributed by atoms with Crippen molar-refractivity contribution in [2.45, 2.75) is 30.7 Å². The first-order chi connectivity index (χ1) is 9.68. The minimum Gasteiger partial charge on any atom is -0.336 e. The molecule has 0 aliphatic heterocycles. The maximum Gasteiger partial charge on any atom is 0.265 e. The molecule has 1 saturated carbocycles. The second kappa shape index (κ2) is 5.81. The molecular weight excluding hydrogens is 392 g/mol. The van der Waals surface area contributed by atoms with Gasteiger partial charge in [0.05, 0.1) is 0 Å². The van der Waals surface area contributed by atoms with E-state index in [1.54, 1.807) is 6.92 Å². The number of halogens is 4. The summed E-state index contributed by atoms with van der Waals surface area (Å²) in [7, 11) is 0.680. The molecule has 0 N–H and O–H groups in total. The molecule has 0 saturated heterocycles. The van der Waals surface area contributed by atoms with Crippen molar-refractivity contribution < 1.29 is 22.0 Å². The van der Waals surface area contributed by atoms with Crippen molar-refractivity contribution in [3.05, 3.63) is 27.7 Å². The van der Waals surface area contributed by atoms with Crippen molar-refractivity contribution >= 4 is 41.6 Å². The molecule has 4 nitrogen and oxygen atoms in total. The summed E-state index contributed by atoms with van der Waals surface area (Å²) in [6.07, 6.45) is 1.53. The fourth-order valence-electron chi connectivity index (χ4n) is 2.09. The van der Waals surface area contributed by atoms with Crippen LogP contribution < -0.4 is 0 Å². The van der Waals surface area contributed by atoms with Gasteiger partial charge in [0.15, 0.2) is 5.82 Å². The van der Waals surface area contributed by atoms with Crippen molar-refractivity contribution in [3.63, 3.8) is 0 Å². The van der Waals surface area contributed by atoms with E-state index in [0.29, 0.717) is 0 Å². The van der Waals surface area contributed by atoms with Gasteiger partial charge in [-0.2, -0.15) is 0 Å². The van der Waals surface area contributed by atoms with E-state index in [2.05, 4.69) is 15.9 Å². The zero-order chi connectivity index (χ0) is 15.9. The average Bonchev–Trinajstić information content (AvgIpc) is 3.11. The van der Waals surface area contributed by atoms with E-state index in [0.717, 1.165) is 18.9 Å². The molecule has 0 bridgehead atoms. The van der Waals surface area contributed by atoms with Gasteiger partial charge in [-0.05, 0) is 41.8 Å². The van der Waals surface area contributed by atoms with E-state index in [-0.39, 0.29) is 17.1 Å². The lowest BCUT2D eigenvalue weighted by molar-refractivity contribution is 0.0742. The zero-order valence-electron chi connectivity index (χ0n) is 10.9. The van der Waals surface area contributed by atoms with Crippen LogP contribution in [0.25, 0.3) is 0 Å². The lowest BCUT2D eigenvalue weighted by atomic mass is 10.1. The predicted octanol–water partition coefficient (Wildman–Crippen LogP) is 3.28. The Morgan fingerprint density at radius 3 is 2.48 bits per heavy atom. The van der Waals surface area contributed by atoms with E-state index in [1.807, 2.05) is 0 Å². The molecule has 0 unspecified atom stereocenters. The highest BCUT2D eigenvalue weighted by Gasteiger charge is 2.36. The first kappa shape index (κ1) is 16.6. The molecule has 1 aliphatic rings. The minimum atomic E-state index is -4.46. The number of hydrogen-bond acceptors (Lipinski definition) is 3. The van der Waals surface area contributed by atoms with Crippen LogP contribution in [0.2, 0.25) is 0 Å². The van der Waals surface area contributed by atoms with Gasteiger partial charge in [0.25, 0.3) is 15.0 Å². The summed E-state index contributed by atoms with van der Waals surface area (Å²) in [6, 6.07) is 0.674. The first-order valence-electron chi connectivity index (χ1n) is 6.11. The van der Waals surface area contributed by atoms with Gasteiger partial charge in [-0.3, -0.25) is 4.79 Å². The van der Waals surface area contributed by atoms with Gasteiger partial charge in [-0.15, -0.1) is 0 Å². The van der Waals surface area contributed by atoms with Crippen molar-refractivity contribution in [2.75, 3.05) is 6.54 Å². The molecule has 0 heterocycles. The number of hydrogen-bond donors (Lipinski definition) is 0. The van der Waals surface area contributed by atoms with Crippen LogP contribution in [0.5, 0.6) is 0 Å². The van der Waals surface area contributed by atoms with Crippen molar-refractivity contribution in [1.82, 2.24) is 4.90 Å². The summed E-state index contributed by atoms with van der Waals surface area (Å²) in [5, 5.41) is 0. The van der Waals surface area contributed by atoms with E-state index in [9.17, 15) is 22.0 Å². The lowest BCUT2D eigenvalue weighted by Gasteiger charge is -2.21. The second-order valence-corrected chi connectivity index (χ2v) is 7.98. The molecule has 1 amide bonds. The smallest absolute Gasteiger partial charge is 0.265 e. The summed E-state index contributed by atoms with van der Waals surface area (Å²) < 4.78 is 50.7. The number of amides is 1. The number of benzene rings is 1. The van der Waals surface area contributed by atoms with Gasteiger partial charge < -0.3 is 4.90 Å². The fraction of sp³-hybridized carbons (Fsp3) is 0.417. The molecule has 1 fully saturated rings. The molecule has 0 atom stereocenters. The Labute approximate surface area is 133 Å². The van der Waals surface area contributed by atoms with Crippen LogP contribution in [-0.4, -0.2) is 31.8 Å². The second-order valence-electron chi connectivity index (χ2n) is 4.62. The van der Waals surface area contributed by atoms with Crippen LogP contribution in [0, 0.1) is 11.6 Å². The van der Waals surface area contributed by atoms with Gasteiger partial charge in [0, 0.05) is 27.7 Å². The molecule has 1 aliphatic carbocycles. The van der Waals surface area contributed by atoms with Gasteiger partial charge in [-0.1, -0.05) is 0 Å². The number of carbonyl (C=O) groups excluding carboxylic acids is 1. The van der Waals surface area contributed by atoms with Gasteiger partial charge >= 0.3 is 0 Å². The van der Waals surface area contributed by atoms with Crippen LogP contribution in [0.4, 0.5) is 8.78 Å². The summed E-state index contributed by atoms with van der Waals surface area (Å²) >= 11 is 2.74. The molecule has 0 radical (unpaired) electrons. The van der Waals surface area contributed by atoms with Crippen molar-refractivity contribution in [2.24, 2.45) is 0 Å². The number of nitrogens with zero attached hydrogens (tertiary/aromatic N) is 1. The molecule has 116 valence electrons. The lowest BCUT2D eigenvalue weighted by Crippen LogP contribution is -2.34. The normalized spacial score (nSPS) is 15.1. The highest BCUT2D eigenvalue weighted by atomic mass is 79.9. The van der Waals surface area contributed by atoms with Crippen molar-refractivity contribution in [3.8, 4) is 0 Å². The molecule has 1 aromatic carbocycles. The molecule has 1 aromatic rings. The van der Waals surface area contributed by atoms with Crippen LogP contribution in [0.15, 0.2) is 15.4 Å². The molecule has 9 heteroatoms. The first-order valence-corrected chi connectivity index (χ1v) is 9.21. The molecule has 0 spiro atoms. The van der Waals surface area contributed by atoms with Crippen LogP contribution >= 0.6 is 26.6 Å². The Kier molecular flexibility index (Phi) is 4.60. The maximum atomic E-state index is 14.3. The third-order valence-electron chi connectivity index (χ3n) is 3.17. The summed E-state index contributed by atoms with van der Waals surface area (Å²) in [5.41, 5.74) is -0.897. The summed E-state index contributed by atoms with van der Waals surface area (Å²) in [6.45, 7) is 1.96. The van der Waals surface area contributed by atoms with E-state index in [1.165, 1.54) is 4.90 Å². The summed E-state index contributed by atoms with van der Waals surface area (Å²) in [4.78, 5) is 12.7. The number of carbonyl (C=O) groups is 1. The molecule has 0 aromatic heterocycles. The van der Waals surface area contributed by atoms with E-state index >= 15 is 0 Å². The quantitative estimate of drug-likeness (QED) is 0.726. The molecule has 21 heavy (non-hydrogen) atoms. The Bertz CT molecular complexity index is 707. The fourth-order valence-corrected chi connectivity index (χ4v) is 4.44. The molecular formula is C12H11BrClF2NO3S. The summed E-state index contributed by atoms with van der Waals surface area (Å²) in [5.74, 6) is -3.47. The predicted molar refractivity (Wildman–Crippen MR) is 76.8 cm³/mol. The van der Waals surface area contributed by atoms with E-state index < -0.39 is 37.1 Å². The third kappa shape index (κ3) is 3.22. The van der Waals surface area contributed by atoms with Crippen molar-refractivity contribution in [1.29, 1.82) is 0 Å². The highest BCUT2D eigenvalue weighted by Crippen LogP contribution is 2.34. The topological polar surface area (TPSA) is 54.5 Å². The number of rotatable bonds is 4. The average molecular weight is 403 g/mol. The van der Waals surface area contributed by atoms with Crippen LogP contribution in [-0.2, 0) is 9.05 Å². The Morgan fingerprint density at radius 1 is 1.48 bits per heavy atom. The maximum absolute atomic E-state index is 14.3. The standard InChI is InChI=1S/C12H11BrClF2NO3S/c1-2-17(6-3-4-6)12(18)9-8(15)5-7(13)11(10(9)16)21(14,19)20/h5-6H,2-4H2,1H3. The Balaban J connectivity index is 2.61. The SMILES string of the molecule is CCN(C(=O)c1c(F)cc(Br)c(S(=O)(=O)Cl)c1F)C1CC1. The van der Waals surface area contributed by atoms with Gasteiger partial charge in [0.2, 0.25) is 0 Å². The minimum absolute atomic E-state index is 0.0546. The van der Waals surface area contributed by atoms with E-state index in [4.69, 9.17) is 10.7 Å². The van der Waals surface area contributed by atoms with Crippen LogP contribution in [0.3, 0.4) is 0 Å². The van der Waals surface area contributed by atoms with Crippen LogP contribution in [0.1, 0.15) is 30.1 Å². The molecule has 2 rings (SSSR count). The Morgan fingerprint density at radius 2 is 2.05 bits per heavy atom. The van der Waals surface area contributed by atoms with Gasteiger partial charge in [0.1, 0.15) is 16.3 Å². The monoisotopic (exact) mass is 401 g/mol.